The maximum Gasteiger partial charge on any atom is 0.309 e. The van der Waals surface area contributed by atoms with Crippen molar-refractivity contribution in [3.63, 3.8) is 0 Å². The van der Waals surface area contributed by atoms with Gasteiger partial charge in [0, 0.05) is 10.6 Å². The maximum absolute atomic E-state index is 12.0. The van der Waals surface area contributed by atoms with E-state index in [-0.39, 0.29) is 18.2 Å². The first-order valence-electron chi connectivity index (χ1n) is 7.03. The molecule has 1 rings (SSSR count). The van der Waals surface area contributed by atoms with Crippen LogP contribution in [0.1, 0.15) is 30.6 Å². The summed E-state index contributed by atoms with van der Waals surface area (Å²) in [5.74, 6) is -0.0478. The minimum Gasteiger partial charge on any atom is -0.494 e. The van der Waals surface area contributed by atoms with Gasteiger partial charge in [-0.3, -0.25) is 9.59 Å². The molecule has 0 fully saturated rings. The summed E-state index contributed by atoms with van der Waals surface area (Å²) in [4.78, 5) is 23.3. The van der Waals surface area contributed by atoms with Gasteiger partial charge in [-0.05, 0) is 56.3 Å². The van der Waals surface area contributed by atoms with Crippen molar-refractivity contribution in [2.45, 2.75) is 20.3 Å². The van der Waals surface area contributed by atoms with Crippen LogP contribution in [0.4, 0.5) is 0 Å². The van der Waals surface area contributed by atoms with Crippen molar-refractivity contribution in [2.75, 3.05) is 13.2 Å². The predicted octanol–water partition coefficient (Wildman–Crippen LogP) is 3.95. The Kier molecular flexibility index (Phi) is 8.00. The molecule has 0 atom stereocenters. The van der Waals surface area contributed by atoms with Crippen molar-refractivity contribution in [3.05, 3.63) is 58.8 Å². The monoisotopic (exact) mass is 322 g/mol. The third-order valence-electron chi connectivity index (χ3n) is 2.61. The first-order chi connectivity index (χ1) is 10.6. The van der Waals surface area contributed by atoms with Crippen molar-refractivity contribution < 1.29 is 19.1 Å². The Morgan fingerprint density at radius 2 is 1.68 bits per heavy atom. The first-order valence-corrected chi connectivity index (χ1v) is 7.41. The molecule has 0 unspecified atom stereocenters. The van der Waals surface area contributed by atoms with Crippen molar-refractivity contribution in [2.24, 2.45) is 0 Å². The summed E-state index contributed by atoms with van der Waals surface area (Å²) in [5, 5.41) is 0.574. The van der Waals surface area contributed by atoms with E-state index in [1.54, 1.807) is 43.3 Å². The number of hydrogen-bond acceptors (Lipinski definition) is 4. The Morgan fingerprint density at radius 1 is 1.05 bits per heavy atom. The summed E-state index contributed by atoms with van der Waals surface area (Å²) in [6.07, 6.45) is 4.63. The predicted molar refractivity (Wildman–Crippen MR) is 85.9 cm³/mol. The number of hydrogen-bond donors (Lipinski definition) is 0. The zero-order valence-corrected chi connectivity index (χ0v) is 13.4. The molecule has 118 valence electrons. The molecule has 0 N–H and O–H groups in total. The summed E-state index contributed by atoms with van der Waals surface area (Å²) < 4.78 is 10.2. The first kappa shape index (κ1) is 18.0. The zero-order valence-electron chi connectivity index (χ0n) is 12.7. The Hall–Kier alpha value is -2.07. The molecule has 0 saturated heterocycles. The molecule has 0 spiro atoms. The van der Waals surface area contributed by atoms with Crippen LogP contribution in [0.15, 0.2) is 48.3 Å². The van der Waals surface area contributed by atoms with Gasteiger partial charge in [0.05, 0.1) is 19.6 Å². The van der Waals surface area contributed by atoms with Crippen LogP contribution < -0.4 is 0 Å². The lowest BCUT2D eigenvalue weighted by Gasteiger charge is -2.04. The van der Waals surface area contributed by atoms with Crippen molar-refractivity contribution in [1.82, 2.24) is 0 Å². The Morgan fingerprint density at radius 3 is 2.27 bits per heavy atom. The highest BCUT2D eigenvalue weighted by Gasteiger charge is 2.03. The molecule has 0 radical (unpaired) electrons. The van der Waals surface area contributed by atoms with Gasteiger partial charge in [-0.2, -0.15) is 0 Å². The standard InChI is InChI=1S/C17H19ClO4/c1-3-21-15(10-12-17(20)22-4-2)9-11-16(19)13-5-7-14(18)8-6-13/h5-11H,3-4,12H2,1-2H3. The highest BCUT2D eigenvalue weighted by Crippen LogP contribution is 2.11. The van der Waals surface area contributed by atoms with Crippen LogP contribution >= 0.6 is 11.6 Å². The van der Waals surface area contributed by atoms with Gasteiger partial charge in [-0.1, -0.05) is 11.6 Å². The molecule has 1 aromatic rings. The highest BCUT2D eigenvalue weighted by atomic mass is 35.5. The minimum absolute atomic E-state index is 0.0998. The molecule has 0 aliphatic carbocycles. The van der Waals surface area contributed by atoms with Crippen LogP contribution in [0, 0.1) is 0 Å². The summed E-state index contributed by atoms with van der Waals surface area (Å²) in [6.45, 7) is 4.35. The zero-order chi connectivity index (χ0) is 16.4. The third-order valence-corrected chi connectivity index (χ3v) is 2.87. The lowest BCUT2D eigenvalue weighted by atomic mass is 10.1. The SMILES string of the molecule is CCOC(=O)CC=C(C=CC(=O)c1ccc(Cl)cc1)OCC. The summed E-state index contributed by atoms with van der Waals surface area (Å²) in [6, 6.07) is 6.61. The number of allylic oxidation sites excluding steroid dienone is 2. The molecule has 0 heterocycles. The number of carbonyl (C=O) groups is 2. The molecular formula is C17H19ClO4. The largest absolute Gasteiger partial charge is 0.494 e. The molecule has 0 saturated carbocycles. The van der Waals surface area contributed by atoms with Crippen molar-refractivity contribution in [3.8, 4) is 0 Å². The van der Waals surface area contributed by atoms with E-state index in [9.17, 15) is 9.59 Å². The maximum atomic E-state index is 12.0. The fourth-order valence-electron chi connectivity index (χ4n) is 1.61. The number of rotatable bonds is 8. The molecule has 1 aromatic carbocycles. The van der Waals surface area contributed by atoms with Gasteiger partial charge in [-0.25, -0.2) is 0 Å². The van der Waals surface area contributed by atoms with Gasteiger partial charge in [0.2, 0.25) is 0 Å². The molecule has 0 aliphatic rings. The summed E-state index contributed by atoms with van der Waals surface area (Å²) in [7, 11) is 0. The van der Waals surface area contributed by atoms with E-state index in [2.05, 4.69) is 0 Å². The van der Waals surface area contributed by atoms with Gasteiger partial charge in [0.25, 0.3) is 0 Å². The quantitative estimate of drug-likeness (QED) is 0.239. The molecule has 4 nitrogen and oxygen atoms in total. The smallest absolute Gasteiger partial charge is 0.309 e. The van der Waals surface area contributed by atoms with Gasteiger partial charge in [0.1, 0.15) is 5.76 Å². The van der Waals surface area contributed by atoms with Crippen molar-refractivity contribution >= 4 is 23.4 Å². The lowest BCUT2D eigenvalue weighted by Crippen LogP contribution is -2.02. The second-order valence-corrected chi connectivity index (χ2v) is 4.69. The normalized spacial score (nSPS) is 11.5. The molecule has 0 bridgehead atoms. The number of esters is 1. The topological polar surface area (TPSA) is 52.6 Å². The van der Waals surface area contributed by atoms with Crippen LogP contribution in [0.25, 0.3) is 0 Å². The average Bonchev–Trinajstić information content (AvgIpc) is 2.50. The molecule has 5 heteroatoms. The van der Waals surface area contributed by atoms with E-state index in [1.165, 1.54) is 6.08 Å². The van der Waals surface area contributed by atoms with E-state index in [0.29, 0.717) is 29.6 Å². The Balaban J connectivity index is 2.72. The van der Waals surface area contributed by atoms with E-state index in [4.69, 9.17) is 21.1 Å². The summed E-state index contributed by atoms with van der Waals surface area (Å²) in [5.41, 5.74) is 0.530. The number of benzene rings is 1. The number of ketones is 1. The number of ether oxygens (including phenoxy) is 2. The molecule has 0 aliphatic heterocycles. The van der Waals surface area contributed by atoms with E-state index < -0.39 is 0 Å². The molecule has 0 aromatic heterocycles. The van der Waals surface area contributed by atoms with Crippen molar-refractivity contribution in [1.29, 1.82) is 0 Å². The molecule has 22 heavy (non-hydrogen) atoms. The fraction of sp³-hybridized carbons (Fsp3) is 0.294. The van der Waals surface area contributed by atoms with E-state index in [1.807, 2.05) is 6.92 Å². The van der Waals surface area contributed by atoms with Gasteiger partial charge >= 0.3 is 5.97 Å². The lowest BCUT2D eigenvalue weighted by molar-refractivity contribution is -0.142. The van der Waals surface area contributed by atoms with Gasteiger partial charge in [-0.15, -0.1) is 0 Å². The van der Waals surface area contributed by atoms with Gasteiger partial charge in [0.15, 0.2) is 5.78 Å². The Bertz CT molecular complexity index is 559. The molecular weight excluding hydrogens is 304 g/mol. The van der Waals surface area contributed by atoms with Crippen LogP contribution in [0.3, 0.4) is 0 Å². The minimum atomic E-state index is -0.336. The third kappa shape index (κ3) is 6.59. The summed E-state index contributed by atoms with van der Waals surface area (Å²) >= 11 is 5.78. The fourth-order valence-corrected chi connectivity index (χ4v) is 1.74. The van der Waals surface area contributed by atoms with Crippen LogP contribution in [0.2, 0.25) is 5.02 Å². The van der Waals surface area contributed by atoms with E-state index >= 15 is 0 Å². The number of carbonyl (C=O) groups excluding carboxylic acids is 2. The van der Waals surface area contributed by atoms with Crippen LogP contribution in [-0.4, -0.2) is 25.0 Å². The average molecular weight is 323 g/mol. The Labute approximate surface area is 135 Å². The van der Waals surface area contributed by atoms with Gasteiger partial charge < -0.3 is 9.47 Å². The van der Waals surface area contributed by atoms with Crippen LogP contribution in [-0.2, 0) is 14.3 Å². The molecule has 0 amide bonds. The number of halogens is 1. The second-order valence-electron chi connectivity index (χ2n) is 4.25. The van der Waals surface area contributed by atoms with Crippen LogP contribution in [0.5, 0.6) is 0 Å². The van der Waals surface area contributed by atoms with E-state index in [0.717, 1.165) is 0 Å². The highest BCUT2D eigenvalue weighted by molar-refractivity contribution is 6.30. The second kappa shape index (κ2) is 9.79.